The molecule has 6 nitrogen and oxygen atoms in total. The quantitative estimate of drug-likeness (QED) is 0.894. The van der Waals surface area contributed by atoms with Crippen LogP contribution in [-0.4, -0.2) is 60.0 Å². The van der Waals surface area contributed by atoms with Crippen molar-refractivity contribution in [2.24, 2.45) is 0 Å². The van der Waals surface area contributed by atoms with Crippen LogP contribution < -0.4 is 5.32 Å². The Morgan fingerprint density at radius 1 is 1.32 bits per heavy atom. The zero-order chi connectivity index (χ0) is 17.8. The van der Waals surface area contributed by atoms with E-state index >= 15 is 0 Å². The second-order valence-corrected chi connectivity index (χ2v) is 6.63. The number of morpholine rings is 1. The molecule has 1 atom stereocenters. The Morgan fingerprint density at radius 2 is 2.08 bits per heavy atom. The smallest absolute Gasteiger partial charge is 0.224 e. The molecule has 2 heterocycles. The molecule has 0 spiro atoms. The van der Waals surface area contributed by atoms with E-state index in [2.05, 4.69) is 22.4 Å². The number of aromatic nitrogens is 2. The van der Waals surface area contributed by atoms with Crippen LogP contribution in [-0.2, 0) is 16.0 Å². The monoisotopic (exact) mass is 342 g/mol. The molecule has 3 rings (SSSR count). The number of hydrogen-bond acceptors (Lipinski definition) is 4. The van der Waals surface area contributed by atoms with E-state index in [4.69, 9.17) is 4.74 Å². The summed E-state index contributed by atoms with van der Waals surface area (Å²) in [7, 11) is 2.07. The molecule has 25 heavy (non-hydrogen) atoms. The zero-order valence-corrected chi connectivity index (χ0v) is 15.2. The highest BCUT2D eigenvalue weighted by Crippen LogP contribution is 2.18. The van der Waals surface area contributed by atoms with Gasteiger partial charge in [-0.15, -0.1) is 0 Å². The van der Waals surface area contributed by atoms with Crippen molar-refractivity contribution in [3.63, 3.8) is 0 Å². The summed E-state index contributed by atoms with van der Waals surface area (Å²) >= 11 is 0. The summed E-state index contributed by atoms with van der Waals surface area (Å²) in [6.45, 7) is 7.03. The lowest BCUT2D eigenvalue weighted by atomic mass is 10.1. The van der Waals surface area contributed by atoms with Gasteiger partial charge in [0.2, 0.25) is 5.91 Å². The van der Waals surface area contributed by atoms with Crippen LogP contribution in [0.5, 0.6) is 0 Å². The van der Waals surface area contributed by atoms with Crippen LogP contribution in [0.2, 0.25) is 0 Å². The van der Waals surface area contributed by atoms with Crippen molar-refractivity contribution in [1.82, 2.24) is 20.0 Å². The number of carbonyl (C=O) groups is 1. The third-order valence-corrected chi connectivity index (χ3v) is 4.65. The summed E-state index contributed by atoms with van der Waals surface area (Å²) in [5.41, 5.74) is 3.90. The molecule has 1 amide bonds. The third kappa shape index (κ3) is 4.27. The summed E-state index contributed by atoms with van der Waals surface area (Å²) < 4.78 is 7.59. The highest BCUT2D eigenvalue weighted by molar-refractivity contribution is 5.79. The SMILES string of the molecule is Cc1nn(-c2ccccc2)c(C)c1CC(=O)NCC1CN(C)CCO1. The van der Waals surface area contributed by atoms with Crippen molar-refractivity contribution in [2.75, 3.05) is 33.3 Å². The molecular weight excluding hydrogens is 316 g/mol. The van der Waals surface area contributed by atoms with Crippen LogP contribution in [0.4, 0.5) is 0 Å². The summed E-state index contributed by atoms with van der Waals surface area (Å²) in [6.07, 6.45) is 0.407. The summed E-state index contributed by atoms with van der Waals surface area (Å²) in [6, 6.07) is 9.98. The van der Waals surface area contributed by atoms with E-state index in [1.54, 1.807) is 0 Å². The summed E-state index contributed by atoms with van der Waals surface area (Å²) in [4.78, 5) is 14.6. The number of ether oxygens (including phenoxy) is 1. The maximum Gasteiger partial charge on any atom is 0.224 e. The summed E-state index contributed by atoms with van der Waals surface area (Å²) in [5.74, 6) is 0.00985. The lowest BCUT2D eigenvalue weighted by molar-refractivity contribution is -0.121. The van der Waals surface area contributed by atoms with E-state index in [-0.39, 0.29) is 12.0 Å². The maximum atomic E-state index is 12.4. The van der Waals surface area contributed by atoms with E-state index in [0.717, 1.165) is 42.3 Å². The molecule has 1 aliphatic heterocycles. The Hall–Kier alpha value is -2.18. The van der Waals surface area contributed by atoms with Gasteiger partial charge in [-0.1, -0.05) is 18.2 Å². The number of benzene rings is 1. The van der Waals surface area contributed by atoms with Gasteiger partial charge in [0.15, 0.2) is 0 Å². The Bertz CT molecular complexity index is 727. The van der Waals surface area contributed by atoms with Gasteiger partial charge in [0.1, 0.15) is 0 Å². The predicted molar refractivity (Wildman–Crippen MR) is 97.0 cm³/mol. The molecule has 2 aromatic rings. The number of nitrogens with zero attached hydrogens (tertiary/aromatic N) is 3. The van der Waals surface area contributed by atoms with Crippen LogP contribution in [0.1, 0.15) is 17.0 Å². The van der Waals surface area contributed by atoms with Crippen LogP contribution >= 0.6 is 0 Å². The number of carbonyl (C=O) groups excluding carboxylic acids is 1. The molecule has 1 aromatic heterocycles. The van der Waals surface area contributed by atoms with Gasteiger partial charge in [0.25, 0.3) is 0 Å². The Morgan fingerprint density at radius 3 is 2.80 bits per heavy atom. The molecule has 1 fully saturated rings. The molecule has 1 aliphatic rings. The number of likely N-dealkylation sites (N-methyl/N-ethyl adjacent to an activating group) is 1. The van der Waals surface area contributed by atoms with E-state index < -0.39 is 0 Å². The molecule has 1 unspecified atom stereocenters. The van der Waals surface area contributed by atoms with Gasteiger partial charge in [0, 0.05) is 30.9 Å². The predicted octanol–water partition coefficient (Wildman–Crippen LogP) is 1.48. The molecule has 0 aliphatic carbocycles. The van der Waals surface area contributed by atoms with Crippen molar-refractivity contribution in [2.45, 2.75) is 26.4 Å². The van der Waals surface area contributed by atoms with Gasteiger partial charge in [0.05, 0.1) is 30.5 Å². The second-order valence-electron chi connectivity index (χ2n) is 6.63. The van der Waals surface area contributed by atoms with Gasteiger partial charge in [-0.3, -0.25) is 4.79 Å². The van der Waals surface area contributed by atoms with Crippen molar-refractivity contribution >= 4 is 5.91 Å². The van der Waals surface area contributed by atoms with Crippen LogP contribution in [0, 0.1) is 13.8 Å². The molecule has 6 heteroatoms. The lowest BCUT2D eigenvalue weighted by Gasteiger charge is -2.30. The zero-order valence-electron chi connectivity index (χ0n) is 15.2. The number of rotatable bonds is 5. The molecule has 1 saturated heterocycles. The molecule has 134 valence electrons. The third-order valence-electron chi connectivity index (χ3n) is 4.65. The standard InChI is InChI=1S/C19H26N4O2/c1-14-18(15(2)23(21-14)16-7-5-4-6-8-16)11-19(24)20-12-17-13-22(3)9-10-25-17/h4-8,17H,9-13H2,1-3H3,(H,20,24). The largest absolute Gasteiger partial charge is 0.374 e. The molecule has 1 aromatic carbocycles. The minimum atomic E-state index is 0.00985. The first-order valence-corrected chi connectivity index (χ1v) is 8.72. The number of amides is 1. The molecule has 0 bridgehead atoms. The van der Waals surface area contributed by atoms with Crippen LogP contribution in [0.3, 0.4) is 0 Å². The summed E-state index contributed by atoms with van der Waals surface area (Å²) in [5, 5.41) is 7.60. The van der Waals surface area contributed by atoms with Crippen molar-refractivity contribution in [3.05, 3.63) is 47.3 Å². The Balaban J connectivity index is 1.62. The van der Waals surface area contributed by atoms with Gasteiger partial charge in [-0.05, 0) is 33.0 Å². The van der Waals surface area contributed by atoms with E-state index in [0.29, 0.717) is 13.0 Å². The average Bonchev–Trinajstić information content (AvgIpc) is 2.89. The van der Waals surface area contributed by atoms with Crippen molar-refractivity contribution in [3.8, 4) is 5.69 Å². The van der Waals surface area contributed by atoms with Gasteiger partial charge >= 0.3 is 0 Å². The van der Waals surface area contributed by atoms with E-state index in [1.165, 1.54) is 0 Å². The number of hydrogen-bond donors (Lipinski definition) is 1. The number of nitrogens with one attached hydrogen (secondary N) is 1. The molecule has 1 N–H and O–H groups in total. The first-order chi connectivity index (χ1) is 12.0. The minimum absolute atomic E-state index is 0.00985. The van der Waals surface area contributed by atoms with Crippen LogP contribution in [0.15, 0.2) is 30.3 Å². The first-order valence-electron chi connectivity index (χ1n) is 8.72. The maximum absolute atomic E-state index is 12.4. The molecule has 0 radical (unpaired) electrons. The Kier molecular flexibility index (Phi) is 5.50. The normalized spacial score (nSPS) is 18.3. The lowest BCUT2D eigenvalue weighted by Crippen LogP contribution is -2.46. The number of aryl methyl sites for hydroxylation is 1. The Labute approximate surface area is 148 Å². The topological polar surface area (TPSA) is 59.4 Å². The van der Waals surface area contributed by atoms with Crippen molar-refractivity contribution in [1.29, 1.82) is 0 Å². The van der Waals surface area contributed by atoms with Crippen molar-refractivity contribution < 1.29 is 9.53 Å². The highest BCUT2D eigenvalue weighted by Gasteiger charge is 2.20. The van der Waals surface area contributed by atoms with Gasteiger partial charge in [-0.25, -0.2) is 4.68 Å². The fourth-order valence-electron chi connectivity index (χ4n) is 3.19. The highest BCUT2D eigenvalue weighted by atomic mass is 16.5. The fraction of sp³-hybridized carbons (Fsp3) is 0.474. The van der Waals surface area contributed by atoms with Crippen LogP contribution in [0.25, 0.3) is 5.69 Å². The molecular formula is C19H26N4O2. The van der Waals surface area contributed by atoms with Gasteiger partial charge < -0.3 is 15.0 Å². The van der Waals surface area contributed by atoms with E-state index in [9.17, 15) is 4.79 Å². The minimum Gasteiger partial charge on any atom is -0.374 e. The van der Waals surface area contributed by atoms with Gasteiger partial charge in [-0.2, -0.15) is 5.10 Å². The fourth-order valence-corrected chi connectivity index (χ4v) is 3.19. The van der Waals surface area contributed by atoms with E-state index in [1.807, 2.05) is 48.9 Å². The second kappa shape index (κ2) is 7.80. The average molecular weight is 342 g/mol. The number of para-hydroxylation sites is 1. The molecule has 0 saturated carbocycles. The first kappa shape index (κ1) is 17.6.